The van der Waals surface area contributed by atoms with Crippen LogP contribution in [0.2, 0.25) is 0 Å². The molecule has 1 aromatic carbocycles. The number of piperazine rings is 1. The third kappa shape index (κ3) is 3.16. The quantitative estimate of drug-likeness (QED) is 0.890. The fourth-order valence-corrected chi connectivity index (χ4v) is 3.43. The summed E-state index contributed by atoms with van der Waals surface area (Å²) in [6.45, 7) is 1.23. The van der Waals surface area contributed by atoms with Gasteiger partial charge in [0.15, 0.2) is 0 Å². The van der Waals surface area contributed by atoms with Crippen LogP contribution >= 0.6 is 27.3 Å². The second kappa shape index (κ2) is 5.99. The van der Waals surface area contributed by atoms with Gasteiger partial charge in [0.05, 0.1) is 11.4 Å². The van der Waals surface area contributed by atoms with Crippen molar-refractivity contribution in [3.8, 4) is 10.4 Å². The highest BCUT2D eigenvalue weighted by Crippen LogP contribution is 2.29. The van der Waals surface area contributed by atoms with Crippen LogP contribution in [0.25, 0.3) is 10.4 Å². The zero-order valence-corrected chi connectivity index (χ0v) is 13.5. The molecule has 1 fully saturated rings. The van der Waals surface area contributed by atoms with Crippen LogP contribution in [0.15, 0.2) is 40.9 Å². The Morgan fingerprint density at radius 1 is 1.19 bits per heavy atom. The van der Waals surface area contributed by atoms with E-state index in [2.05, 4.69) is 21.2 Å². The third-order valence-electron chi connectivity index (χ3n) is 3.27. The average Bonchev–Trinajstić information content (AvgIpc) is 2.97. The van der Waals surface area contributed by atoms with Crippen LogP contribution in [-0.2, 0) is 4.79 Å². The van der Waals surface area contributed by atoms with E-state index in [0.717, 1.165) is 14.9 Å². The smallest absolute Gasteiger partial charge is 0.264 e. The lowest BCUT2D eigenvalue weighted by atomic mass is 10.2. The molecule has 108 valence electrons. The van der Waals surface area contributed by atoms with E-state index in [1.54, 1.807) is 4.90 Å². The van der Waals surface area contributed by atoms with Crippen molar-refractivity contribution < 1.29 is 9.59 Å². The van der Waals surface area contributed by atoms with Gasteiger partial charge in [0.25, 0.3) is 5.91 Å². The number of thiophene rings is 1. The Kier molecular flexibility index (Phi) is 4.07. The molecule has 0 bridgehead atoms. The van der Waals surface area contributed by atoms with Crippen LogP contribution in [0.1, 0.15) is 9.67 Å². The molecule has 2 heterocycles. The zero-order chi connectivity index (χ0) is 14.8. The second-order valence-corrected chi connectivity index (χ2v) is 6.75. The summed E-state index contributed by atoms with van der Waals surface area (Å²) in [5, 5.41) is 2.72. The number of hydrogen-bond acceptors (Lipinski definition) is 3. The van der Waals surface area contributed by atoms with E-state index in [4.69, 9.17) is 0 Å². The minimum atomic E-state index is -0.0979. The highest BCUT2D eigenvalue weighted by molar-refractivity contribution is 9.10. The number of nitrogens with one attached hydrogen (secondary N) is 1. The molecule has 1 aromatic heterocycles. The number of amides is 2. The van der Waals surface area contributed by atoms with Gasteiger partial charge in [-0.05, 0) is 29.8 Å². The summed E-state index contributed by atoms with van der Waals surface area (Å²) in [4.78, 5) is 27.1. The van der Waals surface area contributed by atoms with Gasteiger partial charge >= 0.3 is 0 Å². The molecule has 0 saturated carbocycles. The van der Waals surface area contributed by atoms with Crippen LogP contribution in [-0.4, -0.2) is 36.3 Å². The SMILES string of the molecule is O=C1CN(C(=O)c2ccc(-c3ccc(Br)cc3)s2)CCN1. The highest BCUT2D eigenvalue weighted by atomic mass is 79.9. The molecule has 0 atom stereocenters. The standard InChI is InChI=1S/C15H13BrN2O2S/c16-11-3-1-10(2-4-11)12-5-6-13(21-12)15(20)18-8-7-17-14(19)9-18/h1-6H,7-9H2,(H,17,19). The largest absolute Gasteiger partial charge is 0.353 e. The van der Waals surface area contributed by atoms with Crippen LogP contribution in [0.4, 0.5) is 0 Å². The van der Waals surface area contributed by atoms with Crippen molar-refractivity contribution >= 4 is 39.1 Å². The summed E-state index contributed by atoms with van der Waals surface area (Å²) < 4.78 is 1.03. The Bertz CT molecular complexity index is 681. The Morgan fingerprint density at radius 3 is 2.67 bits per heavy atom. The monoisotopic (exact) mass is 364 g/mol. The van der Waals surface area contributed by atoms with Crippen molar-refractivity contribution in [2.45, 2.75) is 0 Å². The van der Waals surface area contributed by atoms with Gasteiger partial charge in [-0.15, -0.1) is 11.3 Å². The second-order valence-electron chi connectivity index (χ2n) is 4.75. The fraction of sp³-hybridized carbons (Fsp3) is 0.200. The molecule has 1 aliphatic rings. The molecule has 4 nitrogen and oxygen atoms in total. The van der Waals surface area contributed by atoms with Gasteiger partial charge < -0.3 is 10.2 Å². The molecule has 0 spiro atoms. The van der Waals surface area contributed by atoms with Crippen molar-refractivity contribution in [2.24, 2.45) is 0 Å². The Morgan fingerprint density at radius 2 is 1.95 bits per heavy atom. The predicted molar refractivity (Wildman–Crippen MR) is 86.4 cm³/mol. The number of hydrogen-bond donors (Lipinski definition) is 1. The van der Waals surface area contributed by atoms with Gasteiger partial charge in [0.2, 0.25) is 5.91 Å². The first-order valence-corrected chi connectivity index (χ1v) is 8.16. The van der Waals surface area contributed by atoms with E-state index in [0.29, 0.717) is 18.0 Å². The summed E-state index contributed by atoms with van der Waals surface area (Å²) in [5.74, 6) is -0.169. The van der Waals surface area contributed by atoms with Crippen LogP contribution in [0.5, 0.6) is 0 Å². The lowest BCUT2D eigenvalue weighted by Gasteiger charge is -2.26. The molecule has 2 amide bonds. The van der Waals surface area contributed by atoms with Gasteiger partial charge in [0, 0.05) is 22.4 Å². The molecule has 1 saturated heterocycles. The van der Waals surface area contributed by atoms with Gasteiger partial charge in [-0.2, -0.15) is 0 Å². The molecule has 0 unspecified atom stereocenters. The van der Waals surface area contributed by atoms with Crippen LogP contribution in [0.3, 0.4) is 0 Å². The summed E-state index contributed by atoms with van der Waals surface area (Å²) in [7, 11) is 0. The number of nitrogens with zero attached hydrogens (tertiary/aromatic N) is 1. The first-order valence-electron chi connectivity index (χ1n) is 6.55. The molecule has 3 rings (SSSR count). The maximum Gasteiger partial charge on any atom is 0.264 e. The summed E-state index contributed by atoms with van der Waals surface area (Å²) in [5.41, 5.74) is 1.08. The molecule has 1 N–H and O–H groups in total. The molecule has 0 aliphatic carbocycles. The van der Waals surface area contributed by atoms with E-state index in [9.17, 15) is 9.59 Å². The van der Waals surface area contributed by atoms with Crippen LogP contribution in [0, 0.1) is 0 Å². The number of rotatable bonds is 2. The first kappa shape index (κ1) is 14.3. The lowest BCUT2D eigenvalue weighted by Crippen LogP contribution is -2.49. The number of halogens is 1. The maximum absolute atomic E-state index is 12.4. The Labute approximate surface area is 134 Å². The molecule has 0 radical (unpaired) electrons. The number of carbonyl (C=O) groups excluding carboxylic acids is 2. The molecule has 21 heavy (non-hydrogen) atoms. The van der Waals surface area contributed by atoms with Gasteiger partial charge in [-0.1, -0.05) is 28.1 Å². The van der Waals surface area contributed by atoms with Gasteiger partial charge in [-0.3, -0.25) is 9.59 Å². The summed E-state index contributed by atoms with van der Waals surface area (Å²) in [6, 6.07) is 11.8. The molecular weight excluding hydrogens is 352 g/mol. The zero-order valence-electron chi connectivity index (χ0n) is 11.1. The Balaban J connectivity index is 1.79. The summed E-state index contributed by atoms with van der Waals surface area (Å²) in [6.07, 6.45) is 0. The molecular formula is C15H13BrN2O2S. The fourth-order valence-electron chi connectivity index (χ4n) is 2.19. The molecule has 1 aliphatic heterocycles. The van der Waals surface area contributed by atoms with E-state index >= 15 is 0 Å². The van der Waals surface area contributed by atoms with Crippen molar-refractivity contribution in [1.29, 1.82) is 0 Å². The topological polar surface area (TPSA) is 49.4 Å². The van der Waals surface area contributed by atoms with E-state index < -0.39 is 0 Å². The third-order valence-corrected chi connectivity index (χ3v) is 4.92. The van der Waals surface area contributed by atoms with Crippen molar-refractivity contribution in [1.82, 2.24) is 10.2 Å². The molecule has 2 aromatic rings. The van der Waals surface area contributed by atoms with Crippen LogP contribution < -0.4 is 5.32 Å². The minimum Gasteiger partial charge on any atom is -0.353 e. The average molecular weight is 365 g/mol. The minimum absolute atomic E-state index is 0.0711. The van der Waals surface area contributed by atoms with Crippen molar-refractivity contribution in [3.05, 3.63) is 45.7 Å². The summed E-state index contributed by atoms with van der Waals surface area (Å²) >= 11 is 4.87. The van der Waals surface area contributed by atoms with Crippen molar-refractivity contribution in [2.75, 3.05) is 19.6 Å². The van der Waals surface area contributed by atoms with Gasteiger partial charge in [-0.25, -0.2) is 0 Å². The lowest BCUT2D eigenvalue weighted by molar-refractivity contribution is -0.123. The van der Waals surface area contributed by atoms with E-state index in [1.807, 2.05) is 36.4 Å². The predicted octanol–water partition coefficient (Wildman–Crippen LogP) is 2.75. The van der Waals surface area contributed by atoms with Crippen molar-refractivity contribution in [3.63, 3.8) is 0 Å². The maximum atomic E-state index is 12.4. The molecule has 6 heteroatoms. The normalized spacial score (nSPS) is 14.9. The van der Waals surface area contributed by atoms with E-state index in [-0.39, 0.29) is 18.4 Å². The Hall–Kier alpha value is -1.66. The number of carbonyl (C=O) groups is 2. The van der Waals surface area contributed by atoms with Gasteiger partial charge in [0.1, 0.15) is 0 Å². The van der Waals surface area contributed by atoms with E-state index in [1.165, 1.54) is 11.3 Å². The first-order chi connectivity index (χ1) is 10.1. The number of benzene rings is 1. The highest BCUT2D eigenvalue weighted by Gasteiger charge is 2.23.